The van der Waals surface area contributed by atoms with Gasteiger partial charge in [0, 0.05) is 17.5 Å². The van der Waals surface area contributed by atoms with E-state index in [-0.39, 0.29) is 12.5 Å². The summed E-state index contributed by atoms with van der Waals surface area (Å²) in [5.74, 6) is 1.00. The molecular weight excluding hydrogens is 220 g/mol. The van der Waals surface area contributed by atoms with Gasteiger partial charge in [-0.05, 0) is 30.0 Å². The Bertz CT molecular complexity index is 292. The lowest BCUT2D eigenvalue weighted by Gasteiger charge is -2.15. The number of benzene rings is 1. The topological polar surface area (TPSA) is 20.2 Å². The highest BCUT2D eigenvalue weighted by Crippen LogP contribution is 2.24. The second-order valence-corrected chi connectivity index (χ2v) is 5.19. The molecule has 0 amide bonds. The highest BCUT2D eigenvalue weighted by molar-refractivity contribution is 6.30. The van der Waals surface area contributed by atoms with Crippen LogP contribution in [0.5, 0.6) is 0 Å². The molecule has 1 nitrogen and oxygen atoms in total. The number of hydrogen-bond acceptors (Lipinski definition) is 1. The summed E-state index contributed by atoms with van der Waals surface area (Å²) < 4.78 is 0. The number of rotatable bonds is 6. The molecule has 0 radical (unpaired) electrons. The van der Waals surface area contributed by atoms with Crippen LogP contribution in [-0.2, 0) is 0 Å². The van der Waals surface area contributed by atoms with Crippen LogP contribution >= 0.6 is 11.6 Å². The largest absolute Gasteiger partial charge is 0.396 e. The van der Waals surface area contributed by atoms with Gasteiger partial charge in [0.2, 0.25) is 0 Å². The lowest BCUT2D eigenvalue weighted by Crippen LogP contribution is -2.04. The molecule has 0 saturated carbocycles. The van der Waals surface area contributed by atoms with Gasteiger partial charge in [0.1, 0.15) is 0 Å². The Morgan fingerprint density at radius 3 is 2.25 bits per heavy atom. The van der Waals surface area contributed by atoms with Crippen molar-refractivity contribution in [2.75, 3.05) is 6.61 Å². The van der Waals surface area contributed by atoms with E-state index in [1.54, 1.807) is 0 Å². The molecule has 0 aromatic heterocycles. The Hall–Kier alpha value is -0.530. The minimum Gasteiger partial charge on any atom is -0.396 e. The molecule has 1 N–H and O–H groups in total. The minimum absolute atomic E-state index is 0.222. The van der Waals surface area contributed by atoms with Crippen LogP contribution in [0.4, 0.5) is 0 Å². The van der Waals surface area contributed by atoms with Crippen LogP contribution in [0.1, 0.15) is 44.6 Å². The Morgan fingerprint density at radius 1 is 1.12 bits per heavy atom. The number of halogens is 1. The van der Waals surface area contributed by atoms with E-state index in [1.165, 1.54) is 18.4 Å². The molecule has 1 atom stereocenters. The SMILES string of the molecule is CC(C)CCCC(CO)c1ccc(Cl)cc1. The van der Waals surface area contributed by atoms with Crippen molar-refractivity contribution in [2.24, 2.45) is 5.92 Å². The van der Waals surface area contributed by atoms with E-state index in [0.717, 1.165) is 17.4 Å². The van der Waals surface area contributed by atoms with Crippen molar-refractivity contribution < 1.29 is 5.11 Å². The van der Waals surface area contributed by atoms with Crippen LogP contribution in [-0.4, -0.2) is 11.7 Å². The van der Waals surface area contributed by atoms with E-state index in [2.05, 4.69) is 13.8 Å². The first-order valence-corrected chi connectivity index (χ1v) is 6.37. The zero-order valence-corrected chi connectivity index (χ0v) is 10.9. The lowest BCUT2D eigenvalue weighted by atomic mass is 9.93. The van der Waals surface area contributed by atoms with Gasteiger partial charge in [0.15, 0.2) is 0 Å². The summed E-state index contributed by atoms with van der Waals surface area (Å²) in [4.78, 5) is 0. The van der Waals surface area contributed by atoms with Gasteiger partial charge in [-0.2, -0.15) is 0 Å². The summed E-state index contributed by atoms with van der Waals surface area (Å²) in [5, 5.41) is 10.1. The quantitative estimate of drug-likeness (QED) is 0.789. The molecule has 0 heterocycles. The van der Waals surface area contributed by atoms with Crippen molar-refractivity contribution in [3.8, 4) is 0 Å². The van der Waals surface area contributed by atoms with Gasteiger partial charge in [-0.3, -0.25) is 0 Å². The molecule has 1 aromatic rings. The second-order valence-electron chi connectivity index (χ2n) is 4.76. The second kappa shape index (κ2) is 6.93. The van der Waals surface area contributed by atoms with Crippen molar-refractivity contribution in [3.63, 3.8) is 0 Å². The van der Waals surface area contributed by atoms with Crippen molar-refractivity contribution >= 4 is 11.6 Å². The van der Waals surface area contributed by atoms with Crippen LogP contribution in [0.25, 0.3) is 0 Å². The first-order chi connectivity index (χ1) is 7.63. The number of aliphatic hydroxyl groups is 1. The van der Waals surface area contributed by atoms with Crippen LogP contribution in [0.3, 0.4) is 0 Å². The van der Waals surface area contributed by atoms with Crippen molar-refractivity contribution in [2.45, 2.75) is 39.0 Å². The highest BCUT2D eigenvalue weighted by atomic mass is 35.5. The Kier molecular flexibility index (Phi) is 5.86. The smallest absolute Gasteiger partial charge is 0.0499 e. The molecule has 0 aliphatic heterocycles. The van der Waals surface area contributed by atoms with Crippen molar-refractivity contribution in [1.29, 1.82) is 0 Å². The normalized spacial score (nSPS) is 13.1. The summed E-state index contributed by atoms with van der Waals surface area (Å²) in [7, 11) is 0. The fourth-order valence-corrected chi connectivity index (χ4v) is 2.00. The third kappa shape index (κ3) is 4.54. The van der Waals surface area contributed by atoms with Gasteiger partial charge >= 0.3 is 0 Å². The average Bonchev–Trinajstić information content (AvgIpc) is 2.26. The molecule has 2 heteroatoms. The van der Waals surface area contributed by atoms with Crippen molar-refractivity contribution in [3.05, 3.63) is 34.9 Å². The lowest BCUT2D eigenvalue weighted by molar-refractivity contribution is 0.255. The van der Waals surface area contributed by atoms with Gasteiger partial charge in [0.25, 0.3) is 0 Å². The van der Waals surface area contributed by atoms with Crippen LogP contribution in [0, 0.1) is 5.92 Å². The van der Waals surface area contributed by atoms with Crippen molar-refractivity contribution in [1.82, 2.24) is 0 Å². The maximum Gasteiger partial charge on any atom is 0.0499 e. The zero-order valence-electron chi connectivity index (χ0n) is 10.1. The van der Waals surface area contributed by atoms with E-state index < -0.39 is 0 Å². The standard InChI is InChI=1S/C14H21ClO/c1-11(2)4-3-5-13(10-16)12-6-8-14(15)9-7-12/h6-9,11,13,16H,3-5,10H2,1-2H3. The highest BCUT2D eigenvalue weighted by Gasteiger charge is 2.10. The Labute approximate surface area is 103 Å². The molecule has 16 heavy (non-hydrogen) atoms. The number of aliphatic hydroxyl groups excluding tert-OH is 1. The van der Waals surface area contributed by atoms with Gasteiger partial charge in [0.05, 0.1) is 0 Å². The molecule has 1 rings (SSSR count). The Balaban J connectivity index is 2.50. The summed E-state index contributed by atoms with van der Waals surface area (Å²) in [6.45, 7) is 4.69. The Morgan fingerprint density at radius 2 is 1.75 bits per heavy atom. The maximum absolute atomic E-state index is 9.38. The zero-order chi connectivity index (χ0) is 12.0. The van der Waals surface area contributed by atoms with E-state index in [9.17, 15) is 5.11 Å². The van der Waals surface area contributed by atoms with Gasteiger partial charge in [-0.15, -0.1) is 0 Å². The fraction of sp³-hybridized carbons (Fsp3) is 0.571. The molecular formula is C14H21ClO. The average molecular weight is 241 g/mol. The summed E-state index contributed by atoms with van der Waals surface area (Å²) >= 11 is 5.84. The van der Waals surface area contributed by atoms with Gasteiger partial charge in [-0.1, -0.05) is 50.4 Å². The first-order valence-electron chi connectivity index (χ1n) is 5.99. The van der Waals surface area contributed by atoms with E-state index >= 15 is 0 Å². The van der Waals surface area contributed by atoms with Gasteiger partial charge < -0.3 is 5.11 Å². The molecule has 0 saturated heterocycles. The summed E-state index contributed by atoms with van der Waals surface area (Å²) in [6.07, 6.45) is 3.45. The predicted molar refractivity (Wildman–Crippen MR) is 70.0 cm³/mol. The minimum atomic E-state index is 0.222. The van der Waals surface area contributed by atoms with E-state index in [4.69, 9.17) is 11.6 Å². The fourth-order valence-electron chi connectivity index (χ4n) is 1.87. The molecule has 0 bridgehead atoms. The predicted octanol–water partition coefficient (Wildman–Crippen LogP) is 4.24. The molecule has 1 aromatic carbocycles. The monoisotopic (exact) mass is 240 g/mol. The molecule has 0 aliphatic rings. The summed E-state index contributed by atoms with van der Waals surface area (Å²) in [6, 6.07) is 7.81. The molecule has 1 unspecified atom stereocenters. The maximum atomic E-state index is 9.38. The molecule has 0 aliphatic carbocycles. The molecule has 0 fully saturated rings. The molecule has 0 spiro atoms. The van der Waals surface area contributed by atoms with Crippen LogP contribution < -0.4 is 0 Å². The van der Waals surface area contributed by atoms with Gasteiger partial charge in [-0.25, -0.2) is 0 Å². The van der Waals surface area contributed by atoms with E-state index in [0.29, 0.717) is 0 Å². The third-order valence-corrected chi connectivity index (χ3v) is 3.15. The van der Waals surface area contributed by atoms with Crippen LogP contribution in [0.15, 0.2) is 24.3 Å². The van der Waals surface area contributed by atoms with E-state index in [1.807, 2.05) is 24.3 Å². The van der Waals surface area contributed by atoms with Crippen LogP contribution in [0.2, 0.25) is 5.02 Å². The summed E-state index contributed by atoms with van der Waals surface area (Å²) in [5.41, 5.74) is 1.19. The number of hydrogen-bond donors (Lipinski definition) is 1. The third-order valence-electron chi connectivity index (χ3n) is 2.90. The first kappa shape index (κ1) is 13.5. The molecule has 90 valence electrons.